The molecule has 118 valence electrons. The lowest BCUT2D eigenvalue weighted by Crippen LogP contribution is -2.39. The minimum Gasteiger partial charge on any atom is -0.465 e. The topological polar surface area (TPSA) is 66.8 Å². The lowest BCUT2D eigenvalue weighted by Gasteiger charge is -2.30. The molecular formula is C16H30O4. The van der Waals surface area contributed by atoms with E-state index in [0.29, 0.717) is 0 Å². The highest BCUT2D eigenvalue weighted by atomic mass is 16.5. The second-order valence-electron chi connectivity index (χ2n) is 6.76. The molecule has 0 heterocycles. The minimum atomic E-state index is -0.736. The monoisotopic (exact) mass is 286 g/mol. The fourth-order valence-electron chi connectivity index (χ4n) is 1.86. The fraction of sp³-hybridized carbons (Fsp3) is 0.812. The van der Waals surface area contributed by atoms with Crippen molar-refractivity contribution >= 4 is 5.97 Å². The molecule has 0 fully saturated rings. The van der Waals surface area contributed by atoms with Crippen molar-refractivity contribution in [2.75, 3.05) is 6.61 Å². The molecule has 0 unspecified atom stereocenters. The highest BCUT2D eigenvalue weighted by Gasteiger charge is 2.31. The molecule has 0 saturated carbocycles. The summed E-state index contributed by atoms with van der Waals surface area (Å²) in [4.78, 5) is 11.7. The number of aliphatic hydroxyl groups is 2. The third kappa shape index (κ3) is 5.63. The molecule has 0 aliphatic heterocycles. The quantitative estimate of drug-likeness (QED) is 0.557. The molecule has 0 bridgehead atoms. The number of carbonyl (C=O) groups excluding carboxylic acids is 1. The summed E-state index contributed by atoms with van der Waals surface area (Å²) in [6, 6.07) is 0. The van der Waals surface area contributed by atoms with Crippen LogP contribution < -0.4 is 0 Å². The molecule has 0 aliphatic carbocycles. The van der Waals surface area contributed by atoms with Gasteiger partial charge in [-0.25, -0.2) is 0 Å². The van der Waals surface area contributed by atoms with Crippen LogP contribution in [0.1, 0.15) is 41.5 Å². The van der Waals surface area contributed by atoms with Crippen LogP contribution in [-0.4, -0.2) is 35.0 Å². The molecule has 0 radical (unpaired) electrons. The maximum Gasteiger partial charge on any atom is 0.311 e. The Labute approximate surface area is 122 Å². The zero-order valence-corrected chi connectivity index (χ0v) is 13.6. The van der Waals surface area contributed by atoms with E-state index < -0.39 is 17.6 Å². The standard InChI is InChI=1S/C16H30O4/c1-8-10(2)13(17)12(4)14(18)11(3)9-20-15(19)16(5,6)7/h8,10-14,17-18H,1,9H2,2-7H3/t10-,11-,12+,13-,14-/m1/s1. The smallest absolute Gasteiger partial charge is 0.311 e. The summed E-state index contributed by atoms with van der Waals surface area (Å²) in [7, 11) is 0. The molecule has 0 amide bonds. The Bertz CT molecular complexity index is 319. The highest BCUT2D eigenvalue weighted by molar-refractivity contribution is 5.75. The molecule has 0 rings (SSSR count). The summed E-state index contributed by atoms with van der Waals surface area (Å²) < 4.78 is 5.21. The van der Waals surface area contributed by atoms with E-state index in [2.05, 4.69) is 6.58 Å². The first-order chi connectivity index (χ1) is 9.02. The molecular weight excluding hydrogens is 256 g/mol. The summed E-state index contributed by atoms with van der Waals surface area (Å²) in [6.07, 6.45) is 0.265. The summed E-state index contributed by atoms with van der Waals surface area (Å²) in [5.74, 6) is -0.928. The molecule has 0 spiro atoms. The van der Waals surface area contributed by atoms with Gasteiger partial charge in [-0.3, -0.25) is 4.79 Å². The lowest BCUT2D eigenvalue weighted by atomic mass is 9.84. The highest BCUT2D eigenvalue weighted by Crippen LogP contribution is 2.23. The Hall–Kier alpha value is -0.870. The Morgan fingerprint density at radius 3 is 2.10 bits per heavy atom. The van der Waals surface area contributed by atoms with E-state index in [-0.39, 0.29) is 30.3 Å². The Kier molecular flexibility index (Phi) is 7.45. The van der Waals surface area contributed by atoms with Crippen LogP contribution in [0.15, 0.2) is 12.7 Å². The van der Waals surface area contributed by atoms with E-state index in [1.165, 1.54) is 0 Å². The summed E-state index contributed by atoms with van der Waals surface area (Å²) in [5.41, 5.74) is -0.548. The van der Waals surface area contributed by atoms with Crippen molar-refractivity contribution in [1.29, 1.82) is 0 Å². The average molecular weight is 286 g/mol. The zero-order valence-electron chi connectivity index (χ0n) is 13.6. The number of esters is 1. The van der Waals surface area contributed by atoms with Crippen LogP contribution in [-0.2, 0) is 9.53 Å². The van der Waals surface area contributed by atoms with Gasteiger partial charge in [-0.1, -0.05) is 26.8 Å². The lowest BCUT2D eigenvalue weighted by molar-refractivity contribution is -0.156. The fourth-order valence-corrected chi connectivity index (χ4v) is 1.86. The van der Waals surface area contributed by atoms with Gasteiger partial charge in [-0.2, -0.15) is 0 Å². The van der Waals surface area contributed by atoms with E-state index in [1.807, 2.05) is 13.8 Å². The van der Waals surface area contributed by atoms with Crippen LogP contribution in [0, 0.1) is 23.2 Å². The Balaban J connectivity index is 4.44. The van der Waals surface area contributed by atoms with Gasteiger partial charge in [0.15, 0.2) is 0 Å². The van der Waals surface area contributed by atoms with Crippen molar-refractivity contribution in [3.63, 3.8) is 0 Å². The van der Waals surface area contributed by atoms with Gasteiger partial charge in [0.25, 0.3) is 0 Å². The third-order valence-electron chi connectivity index (χ3n) is 3.66. The number of rotatable bonds is 7. The van der Waals surface area contributed by atoms with E-state index in [4.69, 9.17) is 4.74 Å². The predicted octanol–water partition coefficient (Wildman–Crippen LogP) is 2.39. The Morgan fingerprint density at radius 1 is 1.20 bits per heavy atom. The van der Waals surface area contributed by atoms with Crippen LogP contribution in [0.4, 0.5) is 0 Å². The van der Waals surface area contributed by atoms with Crippen molar-refractivity contribution in [1.82, 2.24) is 0 Å². The molecule has 4 heteroatoms. The average Bonchev–Trinajstić information content (AvgIpc) is 2.39. The Morgan fingerprint density at radius 2 is 1.70 bits per heavy atom. The molecule has 4 nitrogen and oxygen atoms in total. The van der Waals surface area contributed by atoms with Gasteiger partial charge in [-0.05, 0) is 20.8 Å². The molecule has 5 atom stereocenters. The largest absolute Gasteiger partial charge is 0.465 e. The van der Waals surface area contributed by atoms with Crippen molar-refractivity contribution in [2.24, 2.45) is 23.2 Å². The molecule has 2 N–H and O–H groups in total. The molecule has 20 heavy (non-hydrogen) atoms. The van der Waals surface area contributed by atoms with Crippen molar-refractivity contribution < 1.29 is 19.7 Å². The zero-order chi connectivity index (χ0) is 16.1. The van der Waals surface area contributed by atoms with Gasteiger partial charge in [0, 0.05) is 17.8 Å². The maximum atomic E-state index is 11.7. The van der Waals surface area contributed by atoms with Crippen LogP contribution in [0.25, 0.3) is 0 Å². The summed E-state index contributed by atoms with van der Waals surface area (Å²) in [6.45, 7) is 14.6. The van der Waals surface area contributed by atoms with Crippen molar-refractivity contribution in [3.05, 3.63) is 12.7 Å². The number of aliphatic hydroxyl groups excluding tert-OH is 2. The maximum absolute atomic E-state index is 11.7. The predicted molar refractivity (Wildman–Crippen MR) is 80.1 cm³/mol. The first kappa shape index (κ1) is 19.1. The van der Waals surface area contributed by atoms with Crippen molar-refractivity contribution in [3.8, 4) is 0 Å². The van der Waals surface area contributed by atoms with Crippen LogP contribution in [0.2, 0.25) is 0 Å². The molecule has 0 aromatic rings. The van der Waals surface area contributed by atoms with Gasteiger partial charge in [0.05, 0.1) is 24.2 Å². The second-order valence-corrected chi connectivity index (χ2v) is 6.76. The molecule has 0 aromatic heterocycles. The van der Waals surface area contributed by atoms with Gasteiger partial charge in [0.2, 0.25) is 0 Å². The van der Waals surface area contributed by atoms with Crippen LogP contribution >= 0.6 is 0 Å². The molecule has 0 aromatic carbocycles. The van der Waals surface area contributed by atoms with Crippen LogP contribution in [0.3, 0.4) is 0 Å². The molecule has 0 saturated heterocycles. The van der Waals surface area contributed by atoms with Gasteiger partial charge in [0.1, 0.15) is 0 Å². The van der Waals surface area contributed by atoms with Gasteiger partial charge < -0.3 is 14.9 Å². The summed E-state index contributed by atoms with van der Waals surface area (Å²) in [5, 5.41) is 20.3. The molecule has 0 aliphatic rings. The number of ether oxygens (including phenoxy) is 1. The number of hydrogen-bond acceptors (Lipinski definition) is 4. The van der Waals surface area contributed by atoms with E-state index in [1.54, 1.807) is 33.8 Å². The third-order valence-corrected chi connectivity index (χ3v) is 3.66. The van der Waals surface area contributed by atoms with Gasteiger partial charge in [-0.15, -0.1) is 6.58 Å². The van der Waals surface area contributed by atoms with Crippen molar-refractivity contribution in [2.45, 2.75) is 53.8 Å². The number of carbonyl (C=O) groups is 1. The minimum absolute atomic E-state index is 0.0935. The van der Waals surface area contributed by atoms with Gasteiger partial charge >= 0.3 is 5.97 Å². The first-order valence-electron chi connectivity index (χ1n) is 7.18. The van der Waals surface area contributed by atoms with E-state index in [9.17, 15) is 15.0 Å². The normalized spacial score (nSPS) is 19.6. The second kappa shape index (κ2) is 7.79. The van der Waals surface area contributed by atoms with Crippen LogP contribution in [0.5, 0.6) is 0 Å². The first-order valence-corrected chi connectivity index (χ1v) is 7.18. The summed E-state index contributed by atoms with van der Waals surface area (Å²) >= 11 is 0. The number of hydrogen-bond donors (Lipinski definition) is 2. The van der Waals surface area contributed by atoms with E-state index in [0.717, 1.165) is 0 Å². The van der Waals surface area contributed by atoms with E-state index >= 15 is 0 Å². The SMILES string of the molecule is C=C[C@@H](C)[C@@H](O)[C@H](C)[C@H](O)[C@H](C)COC(=O)C(C)(C)C.